The Kier molecular flexibility index (Phi) is 6.09. The van der Waals surface area contributed by atoms with E-state index >= 15 is 0 Å². The molecule has 3 aromatic rings. The van der Waals surface area contributed by atoms with Gasteiger partial charge in [-0.05, 0) is 0 Å². The van der Waals surface area contributed by atoms with Crippen molar-refractivity contribution in [3.8, 4) is 5.88 Å². The van der Waals surface area contributed by atoms with Gasteiger partial charge in [0.15, 0.2) is 5.69 Å². The minimum Gasteiger partial charge on any atom is -0.389 e. The molecule has 12 heteroatoms. The zero-order chi connectivity index (χ0) is 22.6. The monoisotopic (exact) mass is 425 g/mol. The zero-order valence-electron chi connectivity index (χ0n) is 17.8. The number of nitrogens with zero attached hydrogens (tertiary/aromatic N) is 6. The molecule has 3 heterocycles. The molecule has 0 fully saturated rings. The number of aryl methyl sites for hydroxylation is 1. The van der Waals surface area contributed by atoms with Crippen molar-refractivity contribution in [2.45, 2.75) is 26.2 Å². The second kappa shape index (κ2) is 8.73. The summed E-state index contributed by atoms with van der Waals surface area (Å²) >= 11 is 0. The van der Waals surface area contributed by atoms with Crippen molar-refractivity contribution in [3.05, 3.63) is 42.6 Å². The Morgan fingerprint density at radius 1 is 1.10 bits per heavy atom. The summed E-state index contributed by atoms with van der Waals surface area (Å²) in [4.78, 5) is 41.2. The molecule has 3 rings (SSSR count). The molecule has 0 aromatic carbocycles. The van der Waals surface area contributed by atoms with Crippen molar-refractivity contribution in [2.75, 3.05) is 17.7 Å². The molecule has 0 unspecified atom stereocenters. The minimum atomic E-state index is -0.843. The first kappa shape index (κ1) is 21.6. The van der Waals surface area contributed by atoms with Gasteiger partial charge >= 0.3 is 6.09 Å². The van der Waals surface area contributed by atoms with Gasteiger partial charge in [0.05, 0.1) is 30.0 Å². The van der Waals surface area contributed by atoms with Crippen LogP contribution in [0, 0.1) is 0 Å². The third-order valence-corrected chi connectivity index (χ3v) is 3.96. The molecule has 0 saturated carbocycles. The summed E-state index contributed by atoms with van der Waals surface area (Å²) in [6, 6.07) is 0. The number of aromatic nitrogens is 6. The molecule has 12 nitrogen and oxygen atoms in total. The SMILES string of the molecule is CNC(=O)c1nn(C)cc1NC(=O)Oc1nc(C(C)(C)C)ncc1Nc1cncnc1. The number of hydrogen-bond donors (Lipinski definition) is 3. The van der Waals surface area contributed by atoms with Crippen LogP contribution < -0.4 is 20.7 Å². The highest BCUT2D eigenvalue weighted by molar-refractivity contribution is 6.01. The molecule has 3 N–H and O–H groups in total. The third-order valence-electron chi connectivity index (χ3n) is 3.96. The quantitative estimate of drug-likeness (QED) is 0.558. The highest BCUT2D eigenvalue weighted by atomic mass is 16.6. The number of carbonyl (C=O) groups is 2. The highest BCUT2D eigenvalue weighted by Crippen LogP contribution is 2.28. The fourth-order valence-corrected chi connectivity index (χ4v) is 2.50. The van der Waals surface area contributed by atoms with E-state index < -0.39 is 12.0 Å². The lowest BCUT2D eigenvalue weighted by Gasteiger charge is -2.18. The van der Waals surface area contributed by atoms with Crippen molar-refractivity contribution < 1.29 is 14.3 Å². The first-order valence-corrected chi connectivity index (χ1v) is 9.31. The number of carbonyl (C=O) groups excluding carboxylic acids is 2. The van der Waals surface area contributed by atoms with Crippen molar-refractivity contribution in [2.24, 2.45) is 7.05 Å². The zero-order valence-corrected chi connectivity index (χ0v) is 17.8. The van der Waals surface area contributed by atoms with Gasteiger partial charge in [0.1, 0.15) is 17.8 Å². The number of rotatable bonds is 5. The Balaban J connectivity index is 1.88. The van der Waals surface area contributed by atoms with E-state index in [1.54, 1.807) is 19.4 Å². The van der Waals surface area contributed by atoms with Crippen LogP contribution >= 0.6 is 0 Å². The summed E-state index contributed by atoms with van der Waals surface area (Å²) in [5.74, 6) is 0.0450. The standard InChI is InChI=1S/C19H23N9O3/c1-19(2,3)17-23-8-12(24-11-6-21-10-22-7-11)16(26-17)31-18(30)25-13-9-28(5)27-14(13)15(29)20-4/h6-10,24H,1-5H3,(H,20,29)(H,25,30). The molecule has 31 heavy (non-hydrogen) atoms. The Hall–Kier alpha value is -4.09. The summed E-state index contributed by atoms with van der Waals surface area (Å²) < 4.78 is 6.87. The van der Waals surface area contributed by atoms with Crippen molar-refractivity contribution in [1.82, 2.24) is 35.0 Å². The molecule has 0 atom stereocenters. The summed E-state index contributed by atoms with van der Waals surface area (Å²) in [5.41, 5.74) is 0.783. The van der Waals surface area contributed by atoms with Crippen LogP contribution in [0.5, 0.6) is 5.88 Å². The number of hydrogen-bond acceptors (Lipinski definition) is 9. The fourth-order valence-electron chi connectivity index (χ4n) is 2.50. The van der Waals surface area contributed by atoms with Gasteiger partial charge in [-0.3, -0.25) is 14.8 Å². The van der Waals surface area contributed by atoms with E-state index in [2.05, 4.69) is 41.0 Å². The number of ether oxygens (including phenoxy) is 1. The first-order chi connectivity index (χ1) is 14.7. The van der Waals surface area contributed by atoms with Crippen molar-refractivity contribution in [1.29, 1.82) is 0 Å². The Labute approximate surface area is 178 Å². The maximum Gasteiger partial charge on any atom is 0.418 e. The van der Waals surface area contributed by atoms with Crippen LogP contribution in [0.3, 0.4) is 0 Å². The molecule has 0 aliphatic rings. The molecule has 0 saturated heterocycles. The van der Waals surface area contributed by atoms with E-state index in [9.17, 15) is 9.59 Å². The number of amides is 2. The maximum absolute atomic E-state index is 12.6. The van der Waals surface area contributed by atoms with Gasteiger partial charge in [-0.1, -0.05) is 20.8 Å². The molecule has 0 aliphatic carbocycles. The molecule has 0 bridgehead atoms. The molecule has 162 valence electrons. The molecule has 2 amide bonds. The Morgan fingerprint density at radius 3 is 2.45 bits per heavy atom. The van der Waals surface area contributed by atoms with Gasteiger partial charge in [0.2, 0.25) is 0 Å². The van der Waals surface area contributed by atoms with Gasteiger partial charge in [-0.2, -0.15) is 10.1 Å². The predicted molar refractivity (Wildman–Crippen MR) is 112 cm³/mol. The van der Waals surface area contributed by atoms with Gasteiger partial charge in [-0.25, -0.2) is 19.7 Å². The fraction of sp³-hybridized carbons (Fsp3) is 0.316. The lowest BCUT2D eigenvalue weighted by atomic mass is 9.96. The highest BCUT2D eigenvalue weighted by Gasteiger charge is 2.23. The van der Waals surface area contributed by atoms with Gasteiger partial charge in [0, 0.05) is 25.7 Å². The molecule has 0 radical (unpaired) electrons. The van der Waals surface area contributed by atoms with E-state index in [4.69, 9.17) is 4.74 Å². The summed E-state index contributed by atoms with van der Waals surface area (Å²) in [6.45, 7) is 5.82. The smallest absolute Gasteiger partial charge is 0.389 e. The third kappa shape index (κ3) is 5.29. The molecule has 3 aromatic heterocycles. The lowest BCUT2D eigenvalue weighted by molar-refractivity contribution is 0.0958. The molecule has 0 spiro atoms. The predicted octanol–water partition coefficient (Wildman–Crippen LogP) is 2.01. The van der Waals surface area contributed by atoms with Crippen LogP contribution in [0.15, 0.2) is 31.1 Å². The van der Waals surface area contributed by atoms with E-state index in [1.807, 2.05) is 20.8 Å². The van der Waals surface area contributed by atoms with Crippen LogP contribution in [0.2, 0.25) is 0 Å². The molecular formula is C19H23N9O3. The molecule has 0 aliphatic heterocycles. The van der Waals surface area contributed by atoms with E-state index in [0.29, 0.717) is 17.2 Å². The summed E-state index contributed by atoms with van der Waals surface area (Å²) in [6.07, 6.45) is 6.67. The second-order valence-corrected chi connectivity index (χ2v) is 7.57. The topological polar surface area (TPSA) is 149 Å². The second-order valence-electron chi connectivity index (χ2n) is 7.57. The Morgan fingerprint density at radius 2 is 1.81 bits per heavy atom. The first-order valence-electron chi connectivity index (χ1n) is 9.31. The van der Waals surface area contributed by atoms with Gasteiger partial charge in [0.25, 0.3) is 11.8 Å². The number of anilines is 3. The van der Waals surface area contributed by atoms with Gasteiger partial charge in [-0.15, -0.1) is 0 Å². The largest absolute Gasteiger partial charge is 0.418 e. The van der Waals surface area contributed by atoms with Crippen LogP contribution in [-0.4, -0.2) is 48.8 Å². The minimum absolute atomic E-state index is 0.00617. The molecular weight excluding hydrogens is 402 g/mol. The van der Waals surface area contributed by atoms with Crippen molar-refractivity contribution >= 4 is 29.1 Å². The van der Waals surface area contributed by atoms with E-state index in [0.717, 1.165) is 0 Å². The maximum atomic E-state index is 12.6. The van der Waals surface area contributed by atoms with Crippen LogP contribution in [0.1, 0.15) is 37.1 Å². The number of nitrogens with one attached hydrogen (secondary N) is 3. The van der Waals surface area contributed by atoms with Crippen LogP contribution in [-0.2, 0) is 12.5 Å². The summed E-state index contributed by atoms with van der Waals surface area (Å²) in [7, 11) is 3.10. The van der Waals surface area contributed by atoms with Crippen LogP contribution in [0.25, 0.3) is 0 Å². The van der Waals surface area contributed by atoms with Crippen molar-refractivity contribution in [3.63, 3.8) is 0 Å². The lowest BCUT2D eigenvalue weighted by Crippen LogP contribution is -2.24. The average Bonchev–Trinajstić information content (AvgIpc) is 3.08. The van der Waals surface area contributed by atoms with E-state index in [-0.39, 0.29) is 22.7 Å². The van der Waals surface area contributed by atoms with Gasteiger partial charge < -0.3 is 15.4 Å². The normalized spacial score (nSPS) is 11.0. The summed E-state index contributed by atoms with van der Waals surface area (Å²) in [5, 5.41) is 12.1. The average molecular weight is 425 g/mol. The van der Waals surface area contributed by atoms with E-state index in [1.165, 1.54) is 30.5 Å². The Bertz CT molecular complexity index is 1090. The van der Waals surface area contributed by atoms with Crippen LogP contribution in [0.4, 0.5) is 21.9 Å².